The van der Waals surface area contributed by atoms with Crippen molar-refractivity contribution in [3.63, 3.8) is 0 Å². The number of benzene rings is 1. The molecule has 0 unspecified atom stereocenters. The topological polar surface area (TPSA) is 109 Å². The molecule has 0 amide bonds. The standard InChI is InChI=1S/C28H38F2N6O4S/c1-18-21(22(29)6-7-24(18)36-15-20(19(36)2)17-41(5,37)38)14-27(31-3)33-26-8-10-32-28(34-26)35-11-9-25(23(30)16-35)40-13-12-39-4/h6-8,10,14,19-20,23,25H,3,9,11-13,15-17H2,1-2,4-5H3,(H,32,33,34)/b27-14+/t19-,20-,23+,25-/m1/s1. The van der Waals surface area contributed by atoms with Gasteiger partial charge in [-0.05, 0) is 56.8 Å². The van der Waals surface area contributed by atoms with E-state index in [9.17, 15) is 12.8 Å². The molecule has 4 atom stereocenters. The Morgan fingerprint density at radius 1 is 1.29 bits per heavy atom. The lowest BCUT2D eigenvalue weighted by Crippen LogP contribution is -2.57. The number of methoxy groups -OCH3 is 1. The molecule has 224 valence electrons. The van der Waals surface area contributed by atoms with Gasteiger partial charge in [0.15, 0.2) is 0 Å². The lowest BCUT2D eigenvalue weighted by Gasteiger charge is -2.48. The van der Waals surface area contributed by atoms with E-state index < -0.39 is 27.9 Å². The second-order valence-electron chi connectivity index (χ2n) is 10.6. The van der Waals surface area contributed by atoms with Crippen LogP contribution < -0.4 is 15.1 Å². The maximum atomic E-state index is 15.0. The highest BCUT2D eigenvalue weighted by Crippen LogP contribution is 2.36. The fourth-order valence-corrected chi connectivity index (χ4v) is 6.42. The van der Waals surface area contributed by atoms with Crippen molar-refractivity contribution in [1.82, 2.24) is 9.97 Å². The molecule has 0 aliphatic carbocycles. The van der Waals surface area contributed by atoms with Crippen molar-refractivity contribution in [3.05, 3.63) is 47.2 Å². The van der Waals surface area contributed by atoms with Crippen LogP contribution >= 0.6 is 0 Å². The molecule has 4 rings (SSSR count). The molecule has 2 aliphatic heterocycles. The molecule has 0 saturated carbocycles. The van der Waals surface area contributed by atoms with E-state index in [2.05, 4.69) is 31.9 Å². The number of piperidine rings is 1. The van der Waals surface area contributed by atoms with Gasteiger partial charge in [-0.1, -0.05) is 0 Å². The fourth-order valence-electron chi connectivity index (χ4n) is 5.25. The van der Waals surface area contributed by atoms with E-state index in [1.165, 1.54) is 12.3 Å². The van der Waals surface area contributed by atoms with Crippen molar-refractivity contribution in [3.8, 4) is 0 Å². The number of nitrogens with one attached hydrogen (secondary N) is 1. The Labute approximate surface area is 240 Å². The van der Waals surface area contributed by atoms with Crippen molar-refractivity contribution >= 4 is 40.1 Å². The minimum atomic E-state index is -3.08. The van der Waals surface area contributed by atoms with Gasteiger partial charge < -0.3 is 24.6 Å². The van der Waals surface area contributed by atoms with Crippen LogP contribution in [0.1, 0.15) is 24.5 Å². The van der Waals surface area contributed by atoms with E-state index in [-0.39, 0.29) is 30.1 Å². The summed E-state index contributed by atoms with van der Waals surface area (Å²) in [7, 11) is -1.51. The van der Waals surface area contributed by atoms with E-state index in [0.29, 0.717) is 55.6 Å². The smallest absolute Gasteiger partial charge is 0.227 e. The van der Waals surface area contributed by atoms with Crippen LogP contribution in [0.2, 0.25) is 0 Å². The van der Waals surface area contributed by atoms with Gasteiger partial charge in [-0.2, -0.15) is 4.98 Å². The van der Waals surface area contributed by atoms with Crippen molar-refractivity contribution in [2.45, 2.75) is 38.6 Å². The highest BCUT2D eigenvalue weighted by Gasteiger charge is 2.38. The Hall–Kier alpha value is -3.16. The third-order valence-electron chi connectivity index (χ3n) is 7.60. The normalized spacial score (nSPS) is 23.3. The van der Waals surface area contributed by atoms with Crippen LogP contribution in [0.25, 0.3) is 6.08 Å². The first-order valence-corrected chi connectivity index (χ1v) is 15.6. The van der Waals surface area contributed by atoms with Crippen molar-refractivity contribution in [2.24, 2.45) is 10.9 Å². The molecule has 0 radical (unpaired) electrons. The van der Waals surface area contributed by atoms with E-state index in [4.69, 9.17) is 9.47 Å². The zero-order chi connectivity index (χ0) is 29.7. The predicted octanol–water partition coefficient (Wildman–Crippen LogP) is 3.48. The minimum Gasteiger partial charge on any atom is -0.382 e. The molecule has 0 spiro atoms. The Kier molecular flexibility index (Phi) is 9.92. The summed E-state index contributed by atoms with van der Waals surface area (Å²) < 4.78 is 63.8. The number of ether oxygens (including phenoxy) is 2. The van der Waals surface area contributed by atoms with E-state index in [1.807, 2.05) is 13.8 Å². The molecule has 1 N–H and O–H groups in total. The first kappa shape index (κ1) is 30.8. The SMILES string of the molecule is C=N/C(=C\c1c(F)ccc(N2C[C@H](CS(C)(=O)=O)[C@H]2C)c1C)Nc1ccnc(N2CC[C@@H](OCCOC)[C@@H](F)C2)n1. The summed E-state index contributed by atoms with van der Waals surface area (Å²) in [6.45, 7) is 9.37. The molecule has 10 nitrogen and oxygen atoms in total. The highest BCUT2D eigenvalue weighted by atomic mass is 32.2. The minimum absolute atomic E-state index is 0.00573. The molecular weight excluding hydrogens is 554 g/mol. The van der Waals surface area contributed by atoms with Gasteiger partial charge in [0.2, 0.25) is 5.95 Å². The zero-order valence-electron chi connectivity index (χ0n) is 23.9. The van der Waals surface area contributed by atoms with Crippen LogP contribution in [-0.4, -0.2) is 95.4 Å². The number of alkyl halides is 1. The van der Waals surface area contributed by atoms with Crippen molar-refractivity contribution < 1.29 is 26.7 Å². The molecule has 1 aromatic heterocycles. The van der Waals surface area contributed by atoms with E-state index in [0.717, 1.165) is 5.69 Å². The fraction of sp³-hybridized carbons (Fsp3) is 0.536. The molecule has 2 saturated heterocycles. The molecule has 2 aromatic rings. The first-order chi connectivity index (χ1) is 19.5. The van der Waals surface area contributed by atoms with Crippen molar-refractivity contribution in [1.29, 1.82) is 0 Å². The average Bonchev–Trinajstić information content (AvgIpc) is 2.93. The van der Waals surface area contributed by atoms with Crippen LogP contribution in [0.5, 0.6) is 0 Å². The number of rotatable bonds is 12. The third-order valence-corrected chi connectivity index (χ3v) is 8.63. The molecule has 1 aromatic carbocycles. The summed E-state index contributed by atoms with van der Waals surface area (Å²) in [5.41, 5.74) is 1.87. The van der Waals surface area contributed by atoms with Gasteiger partial charge in [0.25, 0.3) is 0 Å². The highest BCUT2D eigenvalue weighted by molar-refractivity contribution is 7.90. The summed E-state index contributed by atoms with van der Waals surface area (Å²) >= 11 is 0. The number of aromatic nitrogens is 2. The zero-order valence-corrected chi connectivity index (χ0v) is 24.7. The van der Waals surface area contributed by atoms with Gasteiger partial charge in [-0.15, -0.1) is 0 Å². The summed E-state index contributed by atoms with van der Waals surface area (Å²) in [5, 5.41) is 3.06. The number of halogens is 2. The number of hydrogen-bond donors (Lipinski definition) is 1. The third kappa shape index (κ3) is 7.57. The van der Waals surface area contributed by atoms with Crippen LogP contribution in [0, 0.1) is 18.7 Å². The van der Waals surface area contributed by atoms with E-state index >= 15 is 4.39 Å². The summed E-state index contributed by atoms with van der Waals surface area (Å²) in [6, 6.07) is 4.75. The molecule has 0 bridgehead atoms. The van der Waals surface area contributed by atoms with Gasteiger partial charge in [-0.3, -0.25) is 0 Å². The maximum Gasteiger partial charge on any atom is 0.227 e. The predicted molar refractivity (Wildman–Crippen MR) is 158 cm³/mol. The number of anilines is 3. The maximum absolute atomic E-state index is 15.0. The Morgan fingerprint density at radius 3 is 2.73 bits per heavy atom. The first-order valence-electron chi connectivity index (χ1n) is 13.5. The average molecular weight is 593 g/mol. The van der Waals surface area contributed by atoms with Gasteiger partial charge in [0.05, 0.1) is 31.6 Å². The van der Waals surface area contributed by atoms with Crippen LogP contribution in [-0.2, 0) is 19.3 Å². The van der Waals surface area contributed by atoms with Gasteiger partial charge in [0, 0.05) is 55.9 Å². The summed E-state index contributed by atoms with van der Waals surface area (Å²) in [4.78, 5) is 16.7. The second kappa shape index (κ2) is 13.2. The quantitative estimate of drug-likeness (QED) is 0.293. The Bertz CT molecular complexity index is 1380. The van der Waals surface area contributed by atoms with Gasteiger partial charge in [0.1, 0.15) is 33.5 Å². The molecule has 2 aliphatic rings. The van der Waals surface area contributed by atoms with Crippen LogP contribution in [0.4, 0.5) is 26.2 Å². The number of nitrogens with zero attached hydrogens (tertiary/aromatic N) is 5. The molecule has 41 heavy (non-hydrogen) atoms. The van der Waals surface area contributed by atoms with E-state index in [1.54, 1.807) is 36.4 Å². The molecular formula is C28H38F2N6O4S. The van der Waals surface area contributed by atoms with Crippen molar-refractivity contribution in [2.75, 3.05) is 67.1 Å². The number of aliphatic imine (C=N–C) groups is 1. The lowest BCUT2D eigenvalue weighted by molar-refractivity contribution is -0.0319. The van der Waals surface area contributed by atoms with Gasteiger partial charge in [-0.25, -0.2) is 27.2 Å². The number of hydrogen-bond acceptors (Lipinski definition) is 10. The summed E-state index contributed by atoms with van der Waals surface area (Å²) in [6.07, 6.45) is 3.16. The lowest BCUT2D eigenvalue weighted by atomic mass is 9.89. The summed E-state index contributed by atoms with van der Waals surface area (Å²) in [5.74, 6) is 0.748. The Morgan fingerprint density at radius 2 is 2.07 bits per heavy atom. The molecule has 3 heterocycles. The van der Waals surface area contributed by atoms with Crippen LogP contribution in [0.3, 0.4) is 0 Å². The molecule has 2 fully saturated rings. The largest absolute Gasteiger partial charge is 0.382 e. The number of sulfone groups is 1. The van der Waals surface area contributed by atoms with Crippen LogP contribution in [0.15, 0.2) is 35.2 Å². The monoisotopic (exact) mass is 592 g/mol. The Balaban J connectivity index is 1.47. The van der Waals surface area contributed by atoms with Gasteiger partial charge >= 0.3 is 0 Å². The molecule has 13 heteroatoms. The second-order valence-corrected chi connectivity index (χ2v) is 12.7.